The Morgan fingerprint density at radius 1 is 1.26 bits per heavy atom. The molecular formula is C12H24N2O4S. The average molecular weight is 292 g/mol. The highest BCUT2D eigenvalue weighted by Crippen LogP contribution is 1.91. The molecule has 0 N–H and O–H groups in total. The van der Waals surface area contributed by atoms with Crippen LogP contribution in [0, 0.1) is 0 Å². The largest absolute Gasteiger partial charge is 0.726 e. The van der Waals surface area contributed by atoms with E-state index in [9.17, 15) is 13.0 Å². The van der Waals surface area contributed by atoms with Gasteiger partial charge in [0.25, 0.3) is 0 Å². The van der Waals surface area contributed by atoms with Crippen molar-refractivity contribution in [1.29, 1.82) is 0 Å². The van der Waals surface area contributed by atoms with Crippen LogP contribution >= 0.6 is 0 Å². The summed E-state index contributed by atoms with van der Waals surface area (Å²) in [6.45, 7) is 5.24. The zero-order valence-corrected chi connectivity index (χ0v) is 12.7. The second-order valence-electron chi connectivity index (χ2n) is 4.25. The van der Waals surface area contributed by atoms with Crippen molar-refractivity contribution in [2.24, 2.45) is 7.05 Å². The highest BCUT2D eigenvalue weighted by molar-refractivity contribution is 7.80. The minimum absolute atomic E-state index is 0.00231. The lowest BCUT2D eigenvalue weighted by Crippen LogP contribution is -2.30. The molecule has 0 aliphatic heterocycles. The summed E-state index contributed by atoms with van der Waals surface area (Å²) in [6.07, 6.45) is 10.2. The van der Waals surface area contributed by atoms with Crippen LogP contribution in [0.4, 0.5) is 0 Å². The van der Waals surface area contributed by atoms with Gasteiger partial charge >= 0.3 is 0 Å². The predicted molar refractivity (Wildman–Crippen MR) is 71.1 cm³/mol. The molecular weight excluding hydrogens is 268 g/mol. The first-order valence-corrected chi connectivity index (χ1v) is 7.83. The highest BCUT2D eigenvalue weighted by atomic mass is 32.3. The summed E-state index contributed by atoms with van der Waals surface area (Å²) in [5.74, 6) is 0. The molecule has 1 aromatic rings. The molecule has 0 spiro atoms. The Hall–Kier alpha value is -0.920. The molecule has 0 aliphatic carbocycles. The van der Waals surface area contributed by atoms with Crippen molar-refractivity contribution in [1.82, 2.24) is 4.57 Å². The fourth-order valence-electron chi connectivity index (χ4n) is 1.28. The summed E-state index contributed by atoms with van der Waals surface area (Å²) in [6, 6.07) is 0. The summed E-state index contributed by atoms with van der Waals surface area (Å²) in [5, 5.41) is 0. The Morgan fingerprint density at radius 2 is 1.89 bits per heavy atom. The van der Waals surface area contributed by atoms with E-state index < -0.39 is 10.4 Å². The van der Waals surface area contributed by atoms with Gasteiger partial charge in [-0.25, -0.2) is 17.6 Å². The number of rotatable bonds is 7. The Labute approximate surface area is 116 Å². The quantitative estimate of drug-likeness (QED) is 0.329. The van der Waals surface area contributed by atoms with Crippen molar-refractivity contribution in [3.05, 3.63) is 18.7 Å². The molecule has 0 aliphatic rings. The SMILES string of the molecule is CCCCOS(=O)(=O)[O-].CCCC[n+]1ccn(C)c1. The lowest BCUT2D eigenvalue weighted by atomic mass is 10.3. The maximum absolute atomic E-state index is 9.73. The van der Waals surface area contributed by atoms with Crippen LogP contribution in [0.25, 0.3) is 0 Å². The van der Waals surface area contributed by atoms with Crippen molar-refractivity contribution < 1.29 is 21.7 Å². The van der Waals surface area contributed by atoms with Crippen LogP contribution < -0.4 is 4.57 Å². The number of aryl methyl sites for hydroxylation is 2. The van der Waals surface area contributed by atoms with Crippen LogP contribution in [0.3, 0.4) is 0 Å². The van der Waals surface area contributed by atoms with Crippen molar-refractivity contribution in [3.8, 4) is 0 Å². The molecule has 0 atom stereocenters. The first-order valence-electron chi connectivity index (χ1n) is 6.50. The van der Waals surface area contributed by atoms with Gasteiger partial charge in [-0.05, 0) is 12.8 Å². The first-order chi connectivity index (χ1) is 8.89. The van der Waals surface area contributed by atoms with Gasteiger partial charge in [0.1, 0.15) is 12.4 Å². The number of hydrogen-bond donors (Lipinski definition) is 0. The summed E-state index contributed by atoms with van der Waals surface area (Å²) in [7, 11) is -2.40. The van der Waals surface area contributed by atoms with E-state index in [0.717, 1.165) is 13.0 Å². The highest BCUT2D eigenvalue weighted by Gasteiger charge is 1.96. The van der Waals surface area contributed by atoms with E-state index in [1.165, 1.54) is 12.8 Å². The van der Waals surface area contributed by atoms with Crippen LogP contribution in [-0.2, 0) is 28.2 Å². The van der Waals surface area contributed by atoms with Gasteiger partial charge < -0.3 is 4.55 Å². The van der Waals surface area contributed by atoms with Crippen molar-refractivity contribution in [3.63, 3.8) is 0 Å². The van der Waals surface area contributed by atoms with Crippen molar-refractivity contribution in [2.75, 3.05) is 6.61 Å². The zero-order valence-electron chi connectivity index (χ0n) is 11.9. The van der Waals surface area contributed by atoms with Gasteiger partial charge in [0.05, 0.1) is 20.2 Å². The van der Waals surface area contributed by atoms with Gasteiger partial charge in [0.15, 0.2) is 0 Å². The zero-order chi connectivity index (χ0) is 14.7. The normalized spacial score (nSPS) is 10.9. The smallest absolute Gasteiger partial charge is 0.243 e. The van der Waals surface area contributed by atoms with Gasteiger partial charge in [-0.15, -0.1) is 0 Å². The Bertz CT molecular complexity index is 429. The lowest BCUT2D eigenvalue weighted by Gasteiger charge is -2.05. The van der Waals surface area contributed by atoms with Gasteiger partial charge in [-0.2, -0.15) is 0 Å². The number of unbranched alkanes of at least 4 members (excludes halogenated alkanes) is 2. The third-order valence-electron chi connectivity index (χ3n) is 2.32. The van der Waals surface area contributed by atoms with Gasteiger partial charge in [0, 0.05) is 0 Å². The average Bonchev–Trinajstić information content (AvgIpc) is 2.72. The molecule has 1 aromatic heterocycles. The van der Waals surface area contributed by atoms with Gasteiger partial charge in [-0.3, -0.25) is 4.18 Å². The number of imidazole rings is 1. The monoisotopic (exact) mass is 292 g/mol. The second kappa shape index (κ2) is 9.94. The molecule has 6 nitrogen and oxygen atoms in total. The molecule has 0 unspecified atom stereocenters. The first kappa shape index (κ1) is 18.1. The van der Waals surface area contributed by atoms with E-state index in [4.69, 9.17) is 0 Å². The lowest BCUT2D eigenvalue weighted by molar-refractivity contribution is -0.696. The molecule has 19 heavy (non-hydrogen) atoms. The fraction of sp³-hybridized carbons (Fsp3) is 0.750. The summed E-state index contributed by atoms with van der Waals surface area (Å²) >= 11 is 0. The van der Waals surface area contributed by atoms with E-state index in [-0.39, 0.29) is 6.61 Å². The molecule has 7 heteroatoms. The fourth-order valence-corrected chi connectivity index (χ4v) is 1.60. The summed E-state index contributed by atoms with van der Waals surface area (Å²) < 4.78 is 37.3. The molecule has 0 amide bonds. The maximum atomic E-state index is 9.73. The Kier molecular flexibility index (Phi) is 9.46. The van der Waals surface area contributed by atoms with E-state index in [1.807, 2.05) is 14.0 Å². The molecule has 0 fully saturated rings. The molecule has 0 saturated carbocycles. The summed E-state index contributed by atoms with van der Waals surface area (Å²) in [4.78, 5) is 0. The van der Waals surface area contributed by atoms with Crippen LogP contribution in [0.2, 0.25) is 0 Å². The predicted octanol–water partition coefficient (Wildman–Crippen LogP) is 1.38. The molecule has 1 rings (SSSR count). The molecule has 0 radical (unpaired) electrons. The van der Waals surface area contributed by atoms with E-state index in [1.54, 1.807) is 0 Å². The molecule has 1 heterocycles. The molecule has 0 aromatic carbocycles. The number of hydrogen-bond acceptors (Lipinski definition) is 4. The van der Waals surface area contributed by atoms with Crippen LogP contribution in [0.1, 0.15) is 39.5 Å². The molecule has 112 valence electrons. The second-order valence-corrected chi connectivity index (χ2v) is 5.31. The van der Waals surface area contributed by atoms with E-state index in [0.29, 0.717) is 6.42 Å². The number of nitrogens with zero attached hydrogens (tertiary/aromatic N) is 2. The minimum atomic E-state index is -4.45. The van der Waals surface area contributed by atoms with E-state index in [2.05, 4.69) is 39.0 Å². The standard InChI is InChI=1S/C8H15N2.C4H10O4S/c1-3-4-5-10-7-6-9(2)8-10;1-2-3-4-8-9(5,6)7/h6-8H,3-5H2,1-2H3;2-4H2,1H3,(H,5,6,7)/q+1;/p-1. The van der Waals surface area contributed by atoms with E-state index >= 15 is 0 Å². The number of aromatic nitrogens is 2. The van der Waals surface area contributed by atoms with Crippen molar-refractivity contribution in [2.45, 2.75) is 46.1 Å². The van der Waals surface area contributed by atoms with Crippen LogP contribution in [0.15, 0.2) is 18.7 Å². The topological polar surface area (TPSA) is 75.2 Å². The maximum Gasteiger partial charge on any atom is 0.243 e. The van der Waals surface area contributed by atoms with Gasteiger partial charge in [0.2, 0.25) is 16.7 Å². The summed E-state index contributed by atoms with van der Waals surface area (Å²) in [5.41, 5.74) is 0. The molecule has 0 bridgehead atoms. The van der Waals surface area contributed by atoms with Gasteiger partial charge in [-0.1, -0.05) is 26.7 Å². The van der Waals surface area contributed by atoms with Crippen molar-refractivity contribution >= 4 is 10.4 Å². The third kappa shape index (κ3) is 11.9. The van der Waals surface area contributed by atoms with Crippen LogP contribution in [0.5, 0.6) is 0 Å². The molecule has 0 saturated heterocycles. The Morgan fingerprint density at radius 3 is 2.32 bits per heavy atom. The Balaban J connectivity index is 0.000000344. The minimum Gasteiger partial charge on any atom is -0.726 e. The van der Waals surface area contributed by atoms with Crippen LogP contribution in [-0.4, -0.2) is 24.1 Å². The third-order valence-corrected chi connectivity index (χ3v) is 2.77.